The number of thiophene rings is 1. The number of nitrogens with zero attached hydrogens (tertiary/aromatic N) is 1. The van der Waals surface area contributed by atoms with Gasteiger partial charge in [0, 0.05) is 13.1 Å². The van der Waals surface area contributed by atoms with Gasteiger partial charge in [0.15, 0.2) is 0 Å². The van der Waals surface area contributed by atoms with Gasteiger partial charge in [0.2, 0.25) is 10.0 Å². The van der Waals surface area contributed by atoms with Crippen molar-refractivity contribution in [1.82, 2.24) is 4.31 Å². The Morgan fingerprint density at radius 2 is 2.15 bits per heavy atom. The molecule has 1 saturated carbocycles. The second-order valence-corrected chi connectivity index (χ2v) is 8.08. The van der Waals surface area contributed by atoms with Gasteiger partial charge in [0.1, 0.15) is 9.77 Å². The second-order valence-electron chi connectivity index (χ2n) is 5.26. The Bertz CT molecular complexity index is 641. The zero-order valence-corrected chi connectivity index (χ0v) is 12.5. The maximum atomic E-state index is 12.5. The Labute approximate surface area is 121 Å². The molecule has 0 radical (unpaired) electrons. The molecule has 2 heterocycles. The van der Waals surface area contributed by atoms with Crippen LogP contribution in [0.5, 0.6) is 0 Å². The van der Waals surface area contributed by atoms with Crippen LogP contribution in [0, 0.1) is 5.92 Å². The molecular weight excluding hydrogens is 302 g/mol. The van der Waals surface area contributed by atoms with Crippen LogP contribution in [0.25, 0.3) is 0 Å². The molecule has 6 nitrogen and oxygen atoms in total. The zero-order chi connectivity index (χ0) is 14.5. The van der Waals surface area contributed by atoms with E-state index in [4.69, 9.17) is 0 Å². The molecule has 2 aliphatic rings. The van der Waals surface area contributed by atoms with E-state index in [1.54, 1.807) is 5.38 Å². The Hall–Kier alpha value is -0.960. The first-order valence-electron chi connectivity index (χ1n) is 6.27. The molecule has 0 bridgehead atoms. The number of rotatable bonds is 4. The summed E-state index contributed by atoms with van der Waals surface area (Å²) in [6.07, 6.45) is 1.91. The standard InChI is InChI=1S/C12H15NO5S2/c1-18-11(14)10-9(4-5-19-10)20(16,17)13-6-12(15,7-13)8-2-3-8/h4-5,8,15H,2-3,6-7H2,1H3. The summed E-state index contributed by atoms with van der Waals surface area (Å²) in [7, 11) is -2.52. The molecule has 0 unspecified atom stereocenters. The van der Waals surface area contributed by atoms with Crippen LogP contribution in [-0.2, 0) is 14.8 Å². The SMILES string of the molecule is COC(=O)c1sccc1S(=O)(=O)N1CC(O)(C2CC2)C1. The molecule has 2 fully saturated rings. The molecule has 0 atom stereocenters. The maximum absolute atomic E-state index is 12.5. The molecule has 3 rings (SSSR count). The van der Waals surface area contributed by atoms with Crippen molar-refractivity contribution in [3.8, 4) is 0 Å². The smallest absolute Gasteiger partial charge is 0.349 e. The second kappa shape index (κ2) is 4.52. The summed E-state index contributed by atoms with van der Waals surface area (Å²) in [4.78, 5) is 11.6. The minimum Gasteiger partial charge on any atom is -0.465 e. The van der Waals surface area contributed by atoms with Gasteiger partial charge in [0.25, 0.3) is 0 Å². The predicted octanol–water partition coefficient (Wildman–Crippen LogP) is 0.680. The first-order valence-corrected chi connectivity index (χ1v) is 8.59. The van der Waals surface area contributed by atoms with E-state index >= 15 is 0 Å². The summed E-state index contributed by atoms with van der Waals surface area (Å²) in [5.41, 5.74) is -0.880. The van der Waals surface area contributed by atoms with Gasteiger partial charge in [-0.25, -0.2) is 13.2 Å². The first kappa shape index (κ1) is 14.0. The number of hydrogen-bond acceptors (Lipinski definition) is 6. The summed E-state index contributed by atoms with van der Waals surface area (Å²) in [6.45, 7) is 0.215. The van der Waals surface area contributed by atoms with Crippen molar-refractivity contribution < 1.29 is 23.1 Å². The summed E-state index contributed by atoms with van der Waals surface area (Å²) in [6, 6.07) is 1.40. The summed E-state index contributed by atoms with van der Waals surface area (Å²) in [5, 5.41) is 11.8. The van der Waals surface area contributed by atoms with Gasteiger partial charge in [-0.3, -0.25) is 0 Å². The molecule has 1 aliphatic carbocycles. The molecule has 1 aromatic heterocycles. The molecule has 1 saturated heterocycles. The van der Waals surface area contributed by atoms with Gasteiger partial charge in [-0.15, -0.1) is 11.3 Å². The van der Waals surface area contributed by atoms with Crippen LogP contribution in [0.4, 0.5) is 0 Å². The van der Waals surface area contributed by atoms with Crippen molar-refractivity contribution in [1.29, 1.82) is 0 Å². The molecule has 1 aliphatic heterocycles. The Morgan fingerprint density at radius 3 is 2.70 bits per heavy atom. The van der Waals surface area contributed by atoms with Gasteiger partial charge in [-0.05, 0) is 30.2 Å². The minimum atomic E-state index is -3.74. The van der Waals surface area contributed by atoms with E-state index < -0.39 is 21.6 Å². The topological polar surface area (TPSA) is 83.9 Å². The van der Waals surface area contributed by atoms with Crippen molar-refractivity contribution >= 4 is 27.3 Å². The number of carbonyl (C=O) groups is 1. The van der Waals surface area contributed by atoms with Crippen LogP contribution >= 0.6 is 11.3 Å². The van der Waals surface area contributed by atoms with Crippen LogP contribution in [0.2, 0.25) is 0 Å². The van der Waals surface area contributed by atoms with Gasteiger partial charge < -0.3 is 9.84 Å². The normalized spacial score (nSPS) is 22.3. The third-order valence-corrected chi connectivity index (χ3v) is 6.71. The number of esters is 1. The minimum absolute atomic E-state index is 0.0350. The maximum Gasteiger partial charge on any atom is 0.349 e. The van der Waals surface area contributed by atoms with Crippen molar-refractivity contribution in [2.45, 2.75) is 23.3 Å². The average Bonchev–Trinajstić information content (AvgIpc) is 3.10. The Kier molecular flexibility index (Phi) is 3.16. The zero-order valence-electron chi connectivity index (χ0n) is 10.9. The molecular formula is C12H15NO5S2. The van der Waals surface area contributed by atoms with E-state index in [1.807, 2.05) is 0 Å². The van der Waals surface area contributed by atoms with E-state index in [2.05, 4.69) is 4.74 Å². The van der Waals surface area contributed by atoms with E-state index in [1.165, 1.54) is 17.5 Å². The third-order valence-electron chi connectivity index (χ3n) is 3.86. The first-order chi connectivity index (χ1) is 9.38. The lowest BCUT2D eigenvalue weighted by Crippen LogP contribution is -2.64. The highest BCUT2D eigenvalue weighted by Gasteiger charge is 2.55. The fourth-order valence-electron chi connectivity index (χ4n) is 2.49. The van der Waals surface area contributed by atoms with Crippen LogP contribution in [-0.4, -0.2) is 49.6 Å². The summed E-state index contributed by atoms with van der Waals surface area (Å²) >= 11 is 1.04. The number of ether oxygens (including phenoxy) is 1. The molecule has 1 aromatic rings. The largest absolute Gasteiger partial charge is 0.465 e. The monoisotopic (exact) mass is 317 g/mol. The molecule has 110 valence electrons. The molecule has 0 spiro atoms. The van der Waals surface area contributed by atoms with Crippen molar-refractivity contribution in [2.24, 2.45) is 5.92 Å². The number of β-amino-alcohol motifs (C(OH)–C–C–N with tert-alkyl or cyclic N) is 1. The van der Waals surface area contributed by atoms with Crippen LogP contribution in [0.1, 0.15) is 22.5 Å². The fourth-order valence-corrected chi connectivity index (χ4v) is 5.37. The van der Waals surface area contributed by atoms with Gasteiger partial charge >= 0.3 is 5.97 Å². The number of hydrogen-bond donors (Lipinski definition) is 1. The quantitative estimate of drug-likeness (QED) is 0.826. The lowest BCUT2D eigenvalue weighted by Gasteiger charge is -2.45. The van der Waals surface area contributed by atoms with Crippen molar-refractivity contribution in [3.05, 3.63) is 16.3 Å². The molecule has 0 amide bonds. The van der Waals surface area contributed by atoms with E-state index in [0.717, 1.165) is 24.2 Å². The highest BCUT2D eigenvalue weighted by atomic mass is 32.2. The number of methoxy groups -OCH3 is 1. The molecule has 1 N–H and O–H groups in total. The highest BCUT2D eigenvalue weighted by molar-refractivity contribution is 7.89. The van der Waals surface area contributed by atoms with Crippen molar-refractivity contribution in [2.75, 3.05) is 20.2 Å². The number of aliphatic hydroxyl groups is 1. The van der Waals surface area contributed by atoms with E-state index in [0.29, 0.717) is 0 Å². The van der Waals surface area contributed by atoms with E-state index in [-0.39, 0.29) is 28.8 Å². The predicted molar refractivity (Wildman–Crippen MR) is 72.1 cm³/mol. The number of sulfonamides is 1. The summed E-state index contributed by atoms with van der Waals surface area (Å²) < 4.78 is 30.7. The molecule has 8 heteroatoms. The Morgan fingerprint density at radius 1 is 1.50 bits per heavy atom. The van der Waals surface area contributed by atoms with Gasteiger partial charge in [0.05, 0.1) is 12.7 Å². The third kappa shape index (κ3) is 2.07. The van der Waals surface area contributed by atoms with Crippen LogP contribution in [0.15, 0.2) is 16.3 Å². The average molecular weight is 317 g/mol. The summed E-state index contributed by atoms with van der Waals surface area (Å²) in [5.74, 6) is -0.437. The lowest BCUT2D eigenvalue weighted by molar-refractivity contribution is -0.0764. The molecule has 20 heavy (non-hydrogen) atoms. The van der Waals surface area contributed by atoms with Crippen molar-refractivity contribution in [3.63, 3.8) is 0 Å². The van der Waals surface area contributed by atoms with Crippen LogP contribution in [0.3, 0.4) is 0 Å². The van der Waals surface area contributed by atoms with Crippen LogP contribution < -0.4 is 0 Å². The Balaban J connectivity index is 1.83. The number of carbonyl (C=O) groups excluding carboxylic acids is 1. The van der Waals surface area contributed by atoms with Gasteiger partial charge in [-0.2, -0.15) is 4.31 Å². The van der Waals surface area contributed by atoms with Gasteiger partial charge in [-0.1, -0.05) is 0 Å². The van der Waals surface area contributed by atoms with E-state index in [9.17, 15) is 18.3 Å². The highest BCUT2D eigenvalue weighted by Crippen LogP contribution is 2.46. The molecule has 0 aromatic carbocycles. The fraction of sp³-hybridized carbons (Fsp3) is 0.583. The lowest BCUT2D eigenvalue weighted by atomic mass is 9.91.